The van der Waals surface area contributed by atoms with Gasteiger partial charge in [0.1, 0.15) is 5.75 Å². The molecule has 0 aliphatic heterocycles. The van der Waals surface area contributed by atoms with Gasteiger partial charge in [-0.3, -0.25) is 0 Å². The molecule has 0 fully saturated rings. The fraction of sp³-hybridized carbons (Fsp3) is 0.0952. The average Bonchev–Trinajstić information content (AvgIpc) is 2.62. The highest BCUT2D eigenvalue weighted by Gasteiger charge is 2.21. The van der Waals surface area contributed by atoms with Gasteiger partial charge >= 0.3 is 6.09 Å². The van der Waals surface area contributed by atoms with Gasteiger partial charge in [0.15, 0.2) is 0 Å². The molecular weight excluding hydrogens is 330 g/mol. The zero-order chi connectivity index (χ0) is 17.8. The van der Waals surface area contributed by atoms with Gasteiger partial charge in [-0.1, -0.05) is 42.5 Å². The van der Waals surface area contributed by atoms with Crippen LogP contribution < -0.4 is 9.64 Å². The number of hydrogen-bond donors (Lipinski definition) is 1. The van der Waals surface area contributed by atoms with Crippen LogP contribution in [0, 0.1) is 13.8 Å². The number of thiol groups is 1. The number of amides is 1. The minimum atomic E-state index is -0.461. The van der Waals surface area contributed by atoms with Crippen molar-refractivity contribution in [3.63, 3.8) is 0 Å². The van der Waals surface area contributed by atoms with E-state index in [4.69, 9.17) is 4.74 Å². The minimum Gasteiger partial charge on any atom is -0.409 e. The number of anilines is 2. The molecule has 3 rings (SSSR count). The first-order valence-electron chi connectivity index (χ1n) is 7.98. The normalized spacial score (nSPS) is 10.4. The summed E-state index contributed by atoms with van der Waals surface area (Å²) in [5, 5.41) is 0. The van der Waals surface area contributed by atoms with Gasteiger partial charge in [-0.25, -0.2) is 9.69 Å². The summed E-state index contributed by atoms with van der Waals surface area (Å²) < 4.78 is 5.69. The van der Waals surface area contributed by atoms with Gasteiger partial charge in [-0.15, -0.1) is 12.6 Å². The van der Waals surface area contributed by atoms with Crippen LogP contribution in [-0.2, 0) is 0 Å². The molecule has 126 valence electrons. The second-order valence-corrected chi connectivity index (χ2v) is 6.26. The van der Waals surface area contributed by atoms with Crippen LogP contribution in [0.5, 0.6) is 5.75 Å². The van der Waals surface area contributed by atoms with Crippen molar-refractivity contribution in [1.29, 1.82) is 0 Å². The molecule has 0 heterocycles. The molecule has 0 N–H and O–H groups in total. The SMILES string of the molecule is Cc1cc(C)c(OC(=O)N(c2ccccc2)c2ccccc2)cc1S. The Morgan fingerprint density at radius 2 is 1.36 bits per heavy atom. The lowest BCUT2D eigenvalue weighted by Crippen LogP contribution is -2.29. The van der Waals surface area contributed by atoms with Crippen LogP contribution in [0.2, 0.25) is 0 Å². The molecule has 4 heteroatoms. The van der Waals surface area contributed by atoms with Crippen LogP contribution >= 0.6 is 12.6 Å². The topological polar surface area (TPSA) is 29.5 Å². The molecule has 1 amide bonds. The van der Waals surface area contributed by atoms with Gasteiger partial charge in [0.05, 0.1) is 11.4 Å². The van der Waals surface area contributed by atoms with E-state index in [-0.39, 0.29) is 0 Å². The molecule has 0 atom stereocenters. The third kappa shape index (κ3) is 3.86. The lowest BCUT2D eigenvalue weighted by molar-refractivity contribution is 0.210. The van der Waals surface area contributed by atoms with Crippen molar-refractivity contribution in [2.24, 2.45) is 0 Å². The van der Waals surface area contributed by atoms with Crippen molar-refractivity contribution in [3.05, 3.63) is 83.9 Å². The molecular formula is C21H19NO2S. The van der Waals surface area contributed by atoms with Crippen molar-refractivity contribution < 1.29 is 9.53 Å². The maximum atomic E-state index is 12.9. The molecule has 0 saturated heterocycles. The predicted molar refractivity (Wildman–Crippen MR) is 104 cm³/mol. The molecule has 0 unspecified atom stereocenters. The van der Waals surface area contributed by atoms with Gasteiger partial charge in [-0.2, -0.15) is 0 Å². The largest absolute Gasteiger partial charge is 0.424 e. The summed E-state index contributed by atoms with van der Waals surface area (Å²) in [6.07, 6.45) is -0.461. The predicted octanol–water partition coefficient (Wildman–Crippen LogP) is 5.93. The van der Waals surface area contributed by atoms with Gasteiger partial charge in [-0.05, 0) is 55.3 Å². The Balaban J connectivity index is 1.97. The molecule has 0 aliphatic rings. The zero-order valence-corrected chi connectivity index (χ0v) is 15.0. The van der Waals surface area contributed by atoms with E-state index in [2.05, 4.69) is 12.6 Å². The molecule has 0 radical (unpaired) electrons. The first-order chi connectivity index (χ1) is 12.1. The summed E-state index contributed by atoms with van der Waals surface area (Å²) in [6.45, 7) is 3.89. The summed E-state index contributed by atoms with van der Waals surface area (Å²) in [6, 6.07) is 22.6. The number of nitrogens with zero attached hydrogens (tertiary/aromatic N) is 1. The molecule has 3 aromatic carbocycles. The number of carbonyl (C=O) groups is 1. The van der Waals surface area contributed by atoms with Crippen LogP contribution in [0.25, 0.3) is 0 Å². The maximum Gasteiger partial charge on any atom is 0.424 e. The summed E-state index contributed by atoms with van der Waals surface area (Å²) >= 11 is 4.42. The van der Waals surface area contributed by atoms with E-state index in [9.17, 15) is 4.79 Å². The van der Waals surface area contributed by atoms with Gasteiger partial charge in [0.2, 0.25) is 0 Å². The number of aryl methyl sites for hydroxylation is 2. The molecule has 3 nitrogen and oxygen atoms in total. The smallest absolute Gasteiger partial charge is 0.409 e. The van der Waals surface area contributed by atoms with Gasteiger partial charge in [0.25, 0.3) is 0 Å². The molecule has 0 bridgehead atoms. The van der Waals surface area contributed by atoms with E-state index in [1.54, 1.807) is 11.0 Å². The fourth-order valence-corrected chi connectivity index (χ4v) is 2.77. The Hall–Kier alpha value is -2.72. The van der Waals surface area contributed by atoms with E-state index in [0.29, 0.717) is 5.75 Å². The molecule has 3 aromatic rings. The molecule has 25 heavy (non-hydrogen) atoms. The van der Waals surface area contributed by atoms with Crippen molar-refractivity contribution in [2.45, 2.75) is 18.7 Å². The Labute approximate surface area is 153 Å². The summed E-state index contributed by atoms with van der Waals surface area (Å²) in [5.41, 5.74) is 3.43. The van der Waals surface area contributed by atoms with E-state index in [1.807, 2.05) is 80.6 Å². The van der Waals surface area contributed by atoms with Crippen LogP contribution in [-0.4, -0.2) is 6.09 Å². The number of carbonyl (C=O) groups excluding carboxylic acids is 1. The highest BCUT2D eigenvalue weighted by molar-refractivity contribution is 7.80. The second-order valence-electron chi connectivity index (χ2n) is 5.78. The first kappa shape index (κ1) is 17.1. The minimum absolute atomic E-state index is 0.461. The van der Waals surface area contributed by atoms with Gasteiger partial charge in [0, 0.05) is 4.90 Å². The van der Waals surface area contributed by atoms with E-state index in [1.165, 1.54) is 0 Å². The zero-order valence-electron chi connectivity index (χ0n) is 14.1. The van der Waals surface area contributed by atoms with E-state index < -0.39 is 6.09 Å². The van der Waals surface area contributed by atoms with Crippen molar-refractivity contribution in [3.8, 4) is 5.75 Å². The monoisotopic (exact) mass is 349 g/mol. The second kappa shape index (κ2) is 7.45. The quantitative estimate of drug-likeness (QED) is 0.594. The van der Waals surface area contributed by atoms with Crippen molar-refractivity contribution >= 4 is 30.1 Å². The number of rotatable bonds is 3. The Kier molecular flexibility index (Phi) is 5.10. The fourth-order valence-electron chi connectivity index (χ4n) is 2.59. The Morgan fingerprint density at radius 1 is 0.840 bits per heavy atom. The molecule has 0 aliphatic carbocycles. The lowest BCUT2D eigenvalue weighted by Gasteiger charge is -2.23. The highest BCUT2D eigenvalue weighted by atomic mass is 32.1. The number of hydrogen-bond acceptors (Lipinski definition) is 3. The van der Waals surface area contributed by atoms with Crippen molar-refractivity contribution in [2.75, 3.05) is 4.90 Å². The summed E-state index contributed by atoms with van der Waals surface area (Å²) in [4.78, 5) is 15.3. The maximum absolute atomic E-state index is 12.9. The number of ether oxygens (including phenoxy) is 1. The third-order valence-electron chi connectivity index (χ3n) is 3.90. The molecule has 0 aromatic heterocycles. The Morgan fingerprint density at radius 3 is 1.88 bits per heavy atom. The van der Waals surface area contributed by atoms with Gasteiger partial charge < -0.3 is 4.74 Å². The lowest BCUT2D eigenvalue weighted by atomic mass is 10.1. The van der Waals surface area contributed by atoms with E-state index >= 15 is 0 Å². The number of benzene rings is 3. The third-order valence-corrected chi connectivity index (χ3v) is 4.38. The van der Waals surface area contributed by atoms with Crippen LogP contribution in [0.1, 0.15) is 11.1 Å². The molecule has 0 saturated carbocycles. The highest BCUT2D eigenvalue weighted by Crippen LogP contribution is 2.29. The summed E-state index contributed by atoms with van der Waals surface area (Å²) in [7, 11) is 0. The van der Waals surface area contributed by atoms with Crippen molar-refractivity contribution in [1.82, 2.24) is 0 Å². The standard InChI is InChI=1S/C21H19NO2S/c1-15-13-16(2)20(25)14-19(15)24-21(23)22(17-9-5-3-6-10-17)18-11-7-4-8-12-18/h3-14,25H,1-2H3. The van der Waals surface area contributed by atoms with Crippen LogP contribution in [0.15, 0.2) is 77.7 Å². The summed E-state index contributed by atoms with van der Waals surface area (Å²) in [5.74, 6) is 0.512. The average molecular weight is 349 g/mol. The Bertz CT molecular complexity index is 840. The first-order valence-corrected chi connectivity index (χ1v) is 8.43. The molecule has 0 spiro atoms. The van der Waals surface area contributed by atoms with Crippen LogP contribution in [0.4, 0.5) is 16.2 Å². The van der Waals surface area contributed by atoms with E-state index in [0.717, 1.165) is 27.4 Å². The van der Waals surface area contributed by atoms with Crippen LogP contribution in [0.3, 0.4) is 0 Å². The number of para-hydroxylation sites is 2.